The fourth-order valence-corrected chi connectivity index (χ4v) is 3.57. The zero-order valence-electron chi connectivity index (χ0n) is 13.8. The fraction of sp³-hybridized carbons (Fsp3) is 0.533. The van der Waals surface area contributed by atoms with Gasteiger partial charge in [-0.25, -0.2) is 12.8 Å². The number of rotatable bonds is 3. The number of halogens is 4. The smallest absolute Gasteiger partial charge is 0.379 e. The van der Waals surface area contributed by atoms with Gasteiger partial charge < -0.3 is 10.2 Å². The van der Waals surface area contributed by atoms with Crippen LogP contribution in [0.1, 0.15) is 27.2 Å². The quantitative estimate of drug-likeness (QED) is 0.817. The number of likely N-dealkylation sites (tertiary alicyclic amines) is 1. The van der Waals surface area contributed by atoms with Crippen LogP contribution >= 0.6 is 0 Å². The summed E-state index contributed by atoms with van der Waals surface area (Å²) in [5.41, 5.74) is -6.41. The Balaban J connectivity index is 2.35. The monoisotopic (exact) mass is 382 g/mol. The number of hydrogen-bond acceptors (Lipinski definition) is 4. The molecule has 5 nitrogen and oxygen atoms in total. The molecule has 0 spiro atoms. The molecule has 1 amide bonds. The molecule has 0 aliphatic carbocycles. The summed E-state index contributed by atoms with van der Waals surface area (Å²) in [5.74, 6) is -1.31. The Morgan fingerprint density at radius 2 is 1.80 bits per heavy atom. The van der Waals surface area contributed by atoms with Gasteiger partial charge in [0, 0.05) is 18.5 Å². The second-order valence-electron chi connectivity index (χ2n) is 6.81. The van der Waals surface area contributed by atoms with Crippen LogP contribution in [0.2, 0.25) is 0 Å². The Morgan fingerprint density at radius 3 is 2.28 bits per heavy atom. The summed E-state index contributed by atoms with van der Waals surface area (Å²) >= 11 is 0. The van der Waals surface area contributed by atoms with Crippen molar-refractivity contribution < 1.29 is 30.8 Å². The van der Waals surface area contributed by atoms with Crippen LogP contribution in [0.4, 0.5) is 23.2 Å². The molecule has 0 aromatic heterocycles. The first-order chi connectivity index (χ1) is 11.2. The minimum absolute atomic E-state index is 0.000151. The molecule has 0 saturated carbocycles. The Morgan fingerprint density at radius 1 is 1.20 bits per heavy atom. The first-order valence-electron chi connectivity index (χ1n) is 7.41. The van der Waals surface area contributed by atoms with Crippen molar-refractivity contribution >= 4 is 21.4 Å². The van der Waals surface area contributed by atoms with Gasteiger partial charge in [-0.1, -0.05) is 0 Å². The molecule has 2 rings (SSSR count). The Labute approximate surface area is 142 Å². The second kappa shape index (κ2) is 6.15. The number of hydrogen-bond donors (Lipinski definition) is 1. The number of nitrogens with zero attached hydrogens (tertiary/aromatic N) is 1. The summed E-state index contributed by atoms with van der Waals surface area (Å²) in [7, 11) is -5.73. The van der Waals surface area contributed by atoms with Crippen molar-refractivity contribution in [3.63, 3.8) is 0 Å². The van der Waals surface area contributed by atoms with E-state index in [1.807, 2.05) is 20.8 Å². The van der Waals surface area contributed by atoms with Gasteiger partial charge in [0.15, 0.2) is 0 Å². The van der Waals surface area contributed by atoms with Crippen molar-refractivity contribution in [1.82, 2.24) is 4.90 Å². The van der Waals surface area contributed by atoms with Crippen LogP contribution < -0.4 is 5.32 Å². The van der Waals surface area contributed by atoms with Gasteiger partial charge in [-0.3, -0.25) is 4.79 Å². The van der Waals surface area contributed by atoms with Crippen molar-refractivity contribution in [2.24, 2.45) is 0 Å². The molecule has 1 aromatic carbocycles. The highest BCUT2D eigenvalue weighted by atomic mass is 32.2. The molecule has 1 unspecified atom stereocenters. The predicted octanol–water partition coefficient (Wildman–Crippen LogP) is 2.93. The van der Waals surface area contributed by atoms with Gasteiger partial charge in [-0.2, -0.15) is 13.2 Å². The van der Waals surface area contributed by atoms with Crippen LogP contribution in [0.5, 0.6) is 0 Å². The predicted molar refractivity (Wildman–Crippen MR) is 83.1 cm³/mol. The largest absolute Gasteiger partial charge is 0.501 e. The van der Waals surface area contributed by atoms with E-state index in [-0.39, 0.29) is 24.6 Å². The van der Waals surface area contributed by atoms with Crippen molar-refractivity contribution in [3.8, 4) is 0 Å². The van der Waals surface area contributed by atoms with E-state index >= 15 is 0 Å². The molecular formula is C15H18F4N2O3S. The van der Waals surface area contributed by atoms with Crippen molar-refractivity contribution in [2.45, 2.75) is 49.2 Å². The van der Waals surface area contributed by atoms with Crippen LogP contribution in [0.3, 0.4) is 0 Å². The van der Waals surface area contributed by atoms with Gasteiger partial charge in [0.2, 0.25) is 5.91 Å². The maximum atomic E-state index is 13.3. The molecule has 1 saturated heterocycles. The lowest BCUT2D eigenvalue weighted by atomic mass is 10.1. The first kappa shape index (κ1) is 19.5. The third-order valence-electron chi connectivity index (χ3n) is 3.83. The van der Waals surface area contributed by atoms with Crippen LogP contribution in [-0.2, 0) is 14.6 Å². The topological polar surface area (TPSA) is 66.5 Å². The molecule has 1 aliphatic rings. The van der Waals surface area contributed by atoms with Crippen LogP contribution in [0.25, 0.3) is 0 Å². The molecule has 10 heteroatoms. The number of anilines is 1. The minimum atomic E-state index is -5.73. The van der Waals surface area contributed by atoms with E-state index in [1.54, 1.807) is 4.90 Å². The third kappa shape index (κ3) is 3.88. The average Bonchev–Trinajstić information content (AvgIpc) is 2.80. The summed E-state index contributed by atoms with van der Waals surface area (Å²) in [4.78, 5) is 12.4. The van der Waals surface area contributed by atoms with Crippen molar-refractivity contribution in [1.29, 1.82) is 0 Å². The number of amides is 1. The summed E-state index contributed by atoms with van der Waals surface area (Å²) in [6.45, 7) is 5.63. The van der Waals surface area contributed by atoms with Crippen LogP contribution in [0.15, 0.2) is 23.1 Å². The van der Waals surface area contributed by atoms with E-state index in [0.717, 1.165) is 12.1 Å². The summed E-state index contributed by atoms with van der Waals surface area (Å²) < 4.78 is 75.2. The molecule has 1 N–H and O–H groups in total. The van der Waals surface area contributed by atoms with Gasteiger partial charge in [0.05, 0.1) is 11.7 Å². The molecule has 0 bridgehead atoms. The van der Waals surface area contributed by atoms with Crippen LogP contribution in [0, 0.1) is 5.82 Å². The molecule has 0 radical (unpaired) electrons. The SMILES string of the molecule is CC(C)(C)N1CC(Nc2ccc(F)cc2S(=O)(=O)C(F)(F)F)CC1=O. The summed E-state index contributed by atoms with van der Waals surface area (Å²) in [6.07, 6.45) is 0.000151. The second-order valence-corrected chi connectivity index (χ2v) is 8.72. The lowest BCUT2D eigenvalue weighted by Crippen LogP contribution is -2.43. The summed E-state index contributed by atoms with van der Waals surface area (Å²) in [5, 5.41) is 2.64. The van der Waals surface area contributed by atoms with E-state index in [2.05, 4.69) is 5.32 Å². The molecule has 1 aliphatic heterocycles. The lowest BCUT2D eigenvalue weighted by molar-refractivity contribution is -0.131. The van der Waals surface area contributed by atoms with Crippen LogP contribution in [-0.4, -0.2) is 42.9 Å². The highest BCUT2D eigenvalue weighted by molar-refractivity contribution is 7.92. The van der Waals surface area contributed by atoms with Gasteiger partial charge in [0.1, 0.15) is 10.7 Å². The number of carbonyl (C=O) groups is 1. The standard InChI is InChI=1S/C15H18F4N2O3S/c1-14(2,3)21-8-10(7-13(21)22)20-11-5-4-9(16)6-12(11)25(23,24)15(17,18)19/h4-6,10,20H,7-8H2,1-3H3. The molecular weight excluding hydrogens is 364 g/mol. The van der Waals surface area contributed by atoms with Gasteiger partial charge in [-0.15, -0.1) is 0 Å². The Kier molecular flexibility index (Phi) is 4.79. The zero-order valence-corrected chi connectivity index (χ0v) is 14.6. The van der Waals surface area contributed by atoms with Crippen molar-refractivity contribution in [3.05, 3.63) is 24.0 Å². The highest BCUT2D eigenvalue weighted by Crippen LogP contribution is 2.35. The molecule has 1 atom stereocenters. The number of nitrogens with one attached hydrogen (secondary N) is 1. The normalized spacial score (nSPS) is 19.4. The molecule has 1 aromatic rings. The van der Waals surface area contributed by atoms with Gasteiger partial charge in [0.25, 0.3) is 9.84 Å². The third-order valence-corrected chi connectivity index (χ3v) is 5.36. The maximum Gasteiger partial charge on any atom is 0.501 e. The minimum Gasteiger partial charge on any atom is -0.379 e. The lowest BCUT2D eigenvalue weighted by Gasteiger charge is -2.32. The zero-order chi connectivity index (χ0) is 19.2. The van der Waals surface area contributed by atoms with Crippen molar-refractivity contribution in [2.75, 3.05) is 11.9 Å². The molecule has 1 heterocycles. The molecule has 25 heavy (non-hydrogen) atoms. The summed E-state index contributed by atoms with van der Waals surface area (Å²) in [6, 6.07) is 1.52. The Hall–Kier alpha value is -1.84. The number of alkyl halides is 3. The maximum absolute atomic E-state index is 13.3. The number of benzene rings is 1. The first-order valence-corrected chi connectivity index (χ1v) is 8.89. The molecule has 140 valence electrons. The number of carbonyl (C=O) groups excluding carboxylic acids is 1. The fourth-order valence-electron chi connectivity index (χ4n) is 2.63. The van der Waals surface area contributed by atoms with Gasteiger partial charge in [-0.05, 0) is 39.0 Å². The Bertz CT molecular complexity index is 785. The molecule has 1 fully saturated rings. The van der Waals surface area contributed by atoms with E-state index in [9.17, 15) is 30.8 Å². The van der Waals surface area contributed by atoms with E-state index in [0.29, 0.717) is 6.07 Å². The van der Waals surface area contributed by atoms with E-state index in [4.69, 9.17) is 0 Å². The van der Waals surface area contributed by atoms with E-state index in [1.165, 1.54) is 0 Å². The number of sulfone groups is 1. The average molecular weight is 382 g/mol. The van der Waals surface area contributed by atoms with E-state index < -0.39 is 37.6 Å². The highest BCUT2D eigenvalue weighted by Gasteiger charge is 2.48. The van der Waals surface area contributed by atoms with Gasteiger partial charge >= 0.3 is 5.51 Å².